The van der Waals surface area contributed by atoms with Crippen LogP contribution in [0, 0.1) is 0 Å². The highest BCUT2D eigenvalue weighted by molar-refractivity contribution is 6.13. The number of amides is 1. The molecule has 4 heteroatoms. The maximum atomic E-state index is 11.8. The number of nitrogens with one attached hydrogen (secondary N) is 2. The molecule has 0 bridgehead atoms. The Kier molecular flexibility index (Phi) is 2.72. The number of fused-ring (bicyclic) bond motifs is 1. The van der Waals surface area contributed by atoms with Crippen LogP contribution < -0.4 is 5.32 Å². The van der Waals surface area contributed by atoms with E-state index in [-0.39, 0.29) is 18.1 Å². The smallest absolute Gasteiger partial charge is 0.227 e. The summed E-state index contributed by atoms with van der Waals surface area (Å²) in [7, 11) is 1.52. The summed E-state index contributed by atoms with van der Waals surface area (Å²) >= 11 is 0. The molecule has 0 fully saturated rings. The quantitative estimate of drug-likeness (QED) is 0.603. The lowest BCUT2D eigenvalue weighted by atomic mass is 10.1. The van der Waals surface area contributed by atoms with Crippen molar-refractivity contribution in [3.05, 3.63) is 36.0 Å². The molecule has 0 saturated heterocycles. The molecule has 1 aromatic carbocycles. The van der Waals surface area contributed by atoms with E-state index in [9.17, 15) is 9.59 Å². The van der Waals surface area contributed by atoms with E-state index in [0.29, 0.717) is 5.56 Å². The second-order valence-electron chi connectivity index (χ2n) is 3.52. The molecule has 16 heavy (non-hydrogen) atoms. The lowest BCUT2D eigenvalue weighted by Crippen LogP contribution is -2.21. The number of aromatic nitrogens is 1. The number of carbonyl (C=O) groups is 2. The summed E-state index contributed by atoms with van der Waals surface area (Å²) < 4.78 is 0. The number of hydrogen-bond acceptors (Lipinski definition) is 2. The lowest BCUT2D eigenvalue weighted by molar-refractivity contribution is -0.119. The zero-order valence-electron chi connectivity index (χ0n) is 8.91. The van der Waals surface area contributed by atoms with Gasteiger partial charge in [0, 0.05) is 29.7 Å². The Balaban J connectivity index is 2.33. The number of rotatable bonds is 3. The third-order valence-electron chi connectivity index (χ3n) is 2.49. The van der Waals surface area contributed by atoms with Crippen molar-refractivity contribution in [1.82, 2.24) is 10.3 Å². The predicted octanol–water partition coefficient (Wildman–Crippen LogP) is 1.49. The molecular formula is C12H12N2O2. The van der Waals surface area contributed by atoms with Gasteiger partial charge in [-0.05, 0) is 6.07 Å². The molecule has 0 aliphatic heterocycles. The van der Waals surface area contributed by atoms with E-state index < -0.39 is 0 Å². The van der Waals surface area contributed by atoms with Crippen molar-refractivity contribution in [2.45, 2.75) is 6.42 Å². The third-order valence-corrected chi connectivity index (χ3v) is 2.49. The molecule has 0 aliphatic carbocycles. The second kappa shape index (κ2) is 4.18. The highest BCUT2D eigenvalue weighted by atomic mass is 16.2. The molecule has 2 aromatic rings. The Bertz CT molecular complexity index is 543. The standard InChI is InChI=1S/C12H12N2O2/c1-13-12(16)6-11(15)9-7-14-10-5-3-2-4-8(9)10/h2-5,7,14H,6H2,1H3,(H,13,16). The SMILES string of the molecule is CNC(=O)CC(=O)c1c[nH]c2ccccc12. The number of ketones is 1. The highest BCUT2D eigenvalue weighted by Crippen LogP contribution is 2.18. The van der Waals surface area contributed by atoms with Crippen LogP contribution in [0.4, 0.5) is 0 Å². The van der Waals surface area contributed by atoms with Gasteiger partial charge in [-0.1, -0.05) is 18.2 Å². The number of benzene rings is 1. The predicted molar refractivity (Wildman–Crippen MR) is 61.3 cm³/mol. The lowest BCUT2D eigenvalue weighted by Gasteiger charge is -1.98. The number of carbonyl (C=O) groups excluding carboxylic acids is 2. The Morgan fingerprint density at radius 3 is 2.81 bits per heavy atom. The van der Waals surface area contributed by atoms with Crippen LogP contribution in [0.5, 0.6) is 0 Å². The van der Waals surface area contributed by atoms with Crippen LogP contribution in [0.3, 0.4) is 0 Å². The molecule has 4 nitrogen and oxygen atoms in total. The Hall–Kier alpha value is -2.10. The summed E-state index contributed by atoms with van der Waals surface area (Å²) in [6.45, 7) is 0. The van der Waals surface area contributed by atoms with Gasteiger partial charge in [-0.15, -0.1) is 0 Å². The molecule has 1 heterocycles. The average Bonchev–Trinajstić information content (AvgIpc) is 2.72. The minimum atomic E-state index is -0.268. The Morgan fingerprint density at radius 1 is 1.31 bits per heavy atom. The Morgan fingerprint density at radius 2 is 2.06 bits per heavy atom. The van der Waals surface area contributed by atoms with Gasteiger partial charge in [0.05, 0.1) is 6.42 Å². The van der Waals surface area contributed by atoms with Crippen LogP contribution in [0.15, 0.2) is 30.5 Å². The number of aromatic amines is 1. The van der Waals surface area contributed by atoms with E-state index >= 15 is 0 Å². The van der Waals surface area contributed by atoms with E-state index in [4.69, 9.17) is 0 Å². The van der Waals surface area contributed by atoms with Gasteiger partial charge in [0.2, 0.25) is 5.91 Å². The summed E-state index contributed by atoms with van der Waals surface area (Å²) in [6.07, 6.45) is 1.54. The van der Waals surface area contributed by atoms with Gasteiger partial charge in [0.1, 0.15) is 0 Å². The number of Topliss-reactive ketones (excluding diaryl/α,β-unsaturated/α-hetero) is 1. The van der Waals surface area contributed by atoms with Crippen molar-refractivity contribution >= 4 is 22.6 Å². The fourth-order valence-corrected chi connectivity index (χ4v) is 1.63. The van der Waals surface area contributed by atoms with Crippen molar-refractivity contribution in [2.75, 3.05) is 7.05 Å². The van der Waals surface area contributed by atoms with Gasteiger partial charge in [0.15, 0.2) is 5.78 Å². The van der Waals surface area contributed by atoms with E-state index in [1.54, 1.807) is 6.20 Å². The monoisotopic (exact) mass is 216 g/mol. The summed E-state index contributed by atoms with van der Waals surface area (Å²) in [5, 5.41) is 3.29. The summed E-state index contributed by atoms with van der Waals surface area (Å²) in [4.78, 5) is 25.9. The van der Waals surface area contributed by atoms with Crippen LogP contribution in [-0.2, 0) is 4.79 Å². The van der Waals surface area contributed by atoms with Crippen LogP contribution in [0.1, 0.15) is 16.8 Å². The van der Waals surface area contributed by atoms with Gasteiger partial charge < -0.3 is 10.3 Å². The first-order valence-corrected chi connectivity index (χ1v) is 5.02. The van der Waals surface area contributed by atoms with Gasteiger partial charge in [-0.2, -0.15) is 0 Å². The number of hydrogen-bond donors (Lipinski definition) is 2. The maximum absolute atomic E-state index is 11.8. The van der Waals surface area contributed by atoms with Crippen molar-refractivity contribution in [1.29, 1.82) is 0 Å². The minimum Gasteiger partial charge on any atom is -0.360 e. The summed E-state index contributed by atoms with van der Waals surface area (Å²) in [6, 6.07) is 7.52. The molecule has 1 aromatic heterocycles. The first-order chi connectivity index (χ1) is 7.72. The fraction of sp³-hybridized carbons (Fsp3) is 0.167. The van der Waals surface area contributed by atoms with Gasteiger partial charge >= 0.3 is 0 Å². The average molecular weight is 216 g/mol. The molecule has 0 aliphatic rings. The normalized spacial score (nSPS) is 10.3. The van der Waals surface area contributed by atoms with Crippen molar-refractivity contribution in [2.24, 2.45) is 0 Å². The molecule has 0 atom stereocenters. The topological polar surface area (TPSA) is 62.0 Å². The molecule has 2 rings (SSSR count). The van der Waals surface area contributed by atoms with Gasteiger partial charge in [-0.25, -0.2) is 0 Å². The van der Waals surface area contributed by atoms with Gasteiger partial charge in [0.25, 0.3) is 0 Å². The second-order valence-corrected chi connectivity index (χ2v) is 3.52. The van der Waals surface area contributed by atoms with Crippen molar-refractivity contribution in [3.63, 3.8) is 0 Å². The van der Waals surface area contributed by atoms with E-state index in [1.165, 1.54) is 7.05 Å². The Labute approximate surface area is 92.7 Å². The molecule has 1 amide bonds. The first kappa shape index (κ1) is 10.4. The molecule has 0 radical (unpaired) electrons. The van der Waals surface area contributed by atoms with E-state index in [1.807, 2.05) is 24.3 Å². The van der Waals surface area contributed by atoms with Crippen LogP contribution in [-0.4, -0.2) is 23.7 Å². The van der Waals surface area contributed by atoms with Crippen LogP contribution in [0.25, 0.3) is 10.9 Å². The molecular weight excluding hydrogens is 204 g/mol. The fourth-order valence-electron chi connectivity index (χ4n) is 1.63. The van der Waals surface area contributed by atoms with E-state index in [0.717, 1.165) is 10.9 Å². The number of para-hydroxylation sites is 1. The van der Waals surface area contributed by atoms with Crippen LogP contribution in [0.2, 0.25) is 0 Å². The maximum Gasteiger partial charge on any atom is 0.227 e. The zero-order valence-corrected chi connectivity index (χ0v) is 8.91. The molecule has 2 N–H and O–H groups in total. The third kappa shape index (κ3) is 1.82. The van der Waals surface area contributed by atoms with E-state index in [2.05, 4.69) is 10.3 Å². The summed E-state index contributed by atoms with van der Waals surface area (Å²) in [5.41, 5.74) is 1.47. The molecule has 0 saturated carbocycles. The van der Waals surface area contributed by atoms with Crippen molar-refractivity contribution < 1.29 is 9.59 Å². The number of H-pyrrole nitrogens is 1. The highest BCUT2D eigenvalue weighted by Gasteiger charge is 2.14. The van der Waals surface area contributed by atoms with Crippen LogP contribution >= 0.6 is 0 Å². The first-order valence-electron chi connectivity index (χ1n) is 5.02. The van der Waals surface area contributed by atoms with Crippen molar-refractivity contribution in [3.8, 4) is 0 Å². The minimum absolute atomic E-state index is 0.113. The molecule has 0 unspecified atom stereocenters. The largest absolute Gasteiger partial charge is 0.360 e. The summed E-state index contributed by atoms with van der Waals surface area (Å²) in [5.74, 6) is -0.438. The molecule has 0 spiro atoms. The van der Waals surface area contributed by atoms with Gasteiger partial charge in [-0.3, -0.25) is 9.59 Å². The zero-order chi connectivity index (χ0) is 11.5. The molecule has 82 valence electrons.